The van der Waals surface area contributed by atoms with Gasteiger partial charge in [-0.05, 0) is 43.9 Å². The Morgan fingerprint density at radius 3 is 2.00 bits per heavy atom. The lowest BCUT2D eigenvalue weighted by molar-refractivity contribution is -0.131. The lowest BCUT2D eigenvalue weighted by atomic mass is 9.90. The number of rotatable bonds is 16. The maximum absolute atomic E-state index is 13.3. The number of hydrogen-bond donors (Lipinski definition) is 7. The summed E-state index contributed by atoms with van der Waals surface area (Å²) in [5.41, 5.74) is 0. The van der Waals surface area contributed by atoms with Gasteiger partial charge in [-0.25, -0.2) is 13.2 Å². The van der Waals surface area contributed by atoms with Crippen molar-refractivity contribution in [2.75, 3.05) is 12.0 Å². The van der Waals surface area contributed by atoms with Crippen molar-refractivity contribution in [2.24, 2.45) is 17.8 Å². The highest BCUT2D eigenvalue weighted by Crippen LogP contribution is 2.20. The maximum atomic E-state index is 13.3. The molecule has 0 aromatic carbocycles. The SMILES string of the molecule is CC(C)C[C@H](NC(=O)[C@H](CCS(C)(=O)=O)NC(=O)[C@@H](NC(=O)O)C(C)C)[C@@H](O)C[C@@H](C)C(=O)N[C@H]1CCCC[C@H]1O. The van der Waals surface area contributed by atoms with Gasteiger partial charge in [0.05, 0.1) is 30.0 Å². The highest BCUT2D eigenvalue weighted by Gasteiger charge is 2.33. The minimum atomic E-state index is -3.50. The van der Waals surface area contributed by atoms with E-state index in [2.05, 4.69) is 21.3 Å². The van der Waals surface area contributed by atoms with Crippen molar-refractivity contribution >= 4 is 33.7 Å². The molecule has 0 bridgehead atoms. The van der Waals surface area contributed by atoms with Gasteiger partial charge in [-0.15, -0.1) is 0 Å². The maximum Gasteiger partial charge on any atom is 0.405 e. The van der Waals surface area contributed by atoms with Gasteiger partial charge in [-0.1, -0.05) is 47.5 Å². The topological polar surface area (TPSA) is 211 Å². The van der Waals surface area contributed by atoms with Gasteiger partial charge in [-0.3, -0.25) is 14.4 Å². The van der Waals surface area contributed by atoms with Crippen molar-refractivity contribution in [1.82, 2.24) is 21.3 Å². The summed E-state index contributed by atoms with van der Waals surface area (Å²) in [4.78, 5) is 50.2. The van der Waals surface area contributed by atoms with E-state index in [1.807, 2.05) is 13.8 Å². The number of sulfone groups is 1. The predicted octanol–water partition coefficient (Wildman–Crippen LogP) is 0.536. The molecule has 0 unspecified atom stereocenters. The number of carboxylic acid groups (broad SMARTS) is 1. The average molecular weight is 607 g/mol. The van der Waals surface area contributed by atoms with Crippen LogP contribution in [0.15, 0.2) is 0 Å². The standard InChI is InChI=1S/C27H50N4O9S/c1-15(2)13-20(22(33)14-17(5)24(34)28-18-9-7-8-10-21(18)32)30-25(35)19(11-12-41(6,39)40)29-26(36)23(16(3)4)31-27(37)38/h15-23,31-33H,7-14H2,1-6H3,(H,28,34)(H,29,36)(H,30,35)(H,37,38)/t17-,18+,19+,20+,21-,22+,23+/m1/s1. The first-order chi connectivity index (χ1) is 18.9. The summed E-state index contributed by atoms with van der Waals surface area (Å²) < 4.78 is 23.7. The third kappa shape index (κ3) is 13.8. The van der Waals surface area contributed by atoms with Crippen LogP contribution in [-0.2, 0) is 24.2 Å². The molecular weight excluding hydrogens is 556 g/mol. The summed E-state index contributed by atoms with van der Waals surface area (Å²) in [5.74, 6) is -3.28. The first-order valence-corrected chi connectivity index (χ1v) is 16.4. The van der Waals surface area contributed by atoms with E-state index in [9.17, 15) is 37.8 Å². The van der Waals surface area contributed by atoms with E-state index in [0.717, 1.165) is 19.1 Å². The summed E-state index contributed by atoms with van der Waals surface area (Å²) in [5, 5.41) is 40.5. The van der Waals surface area contributed by atoms with Crippen molar-refractivity contribution < 1.29 is 42.9 Å². The predicted molar refractivity (Wildman–Crippen MR) is 154 cm³/mol. The van der Waals surface area contributed by atoms with Gasteiger partial charge in [0.25, 0.3) is 0 Å². The van der Waals surface area contributed by atoms with Gasteiger partial charge in [0, 0.05) is 12.2 Å². The molecule has 1 aliphatic rings. The van der Waals surface area contributed by atoms with E-state index >= 15 is 0 Å². The monoisotopic (exact) mass is 606 g/mol. The molecule has 0 spiro atoms. The molecule has 238 valence electrons. The molecule has 14 heteroatoms. The second-order valence-corrected chi connectivity index (χ2v) is 14.3. The molecular formula is C27H50N4O9S. The quantitative estimate of drug-likeness (QED) is 0.130. The minimum absolute atomic E-state index is 0.0185. The zero-order valence-corrected chi connectivity index (χ0v) is 25.9. The highest BCUT2D eigenvalue weighted by molar-refractivity contribution is 7.90. The molecule has 0 aliphatic heterocycles. The molecule has 1 rings (SSSR count). The van der Waals surface area contributed by atoms with E-state index in [1.54, 1.807) is 20.8 Å². The number of carbonyl (C=O) groups is 4. The van der Waals surface area contributed by atoms with Gasteiger partial charge in [0.15, 0.2) is 0 Å². The van der Waals surface area contributed by atoms with Crippen LogP contribution in [0.3, 0.4) is 0 Å². The van der Waals surface area contributed by atoms with E-state index in [1.165, 1.54) is 0 Å². The van der Waals surface area contributed by atoms with Gasteiger partial charge in [0.1, 0.15) is 21.9 Å². The van der Waals surface area contributed by atoms with Crippen molar-refractivity contribution in [2.45, 2.75) is 116 Å². The van der Waals surface area contributed by atoms with Crippen LogP contribution in [0.2, 0.25) is 0 Å². The van der Waals surface area contributed by atoms with Crippen LogP contribution in [0.1, 0.15) is 79.6 Å². The largest absolute Gasteiger partial charge is 0.465 e. The molecule has 0 aromatic heterocycles. The van der Waals surface area contributed by atoms with Gasteiger partial charge in [0.2, 0.25) is 17.7 Å². The lowest BCUT2D eigenvalue weighted by Crippen LogP contribution is -2.57. The Morgan fingerprint density at radius 1 is 0.878 bits per heavy atom. The zero-order valence-electron chi connectivity index (χ0n) is 25.1. The Labute approximate surface area is 243 Å². The van der Waals surface area contributed by atoms with Crippen molar-refractivity contribution in [3.8, 4) is 0 Å². The molecule has 1 fully saturated rings. The minimum Gasteiger partial charge on any atom is -0.465 e. The third-order valence-electron chi connectivity index (χ3n) is 7.26. The molecule has 4 amide bonds. The van der Waals surface area contributed by atoms with Crippen LogP contribution >= 0.6 is 0 Å². The Balaban J connectivity index is 3.02. The summed E-state index contributed by atoms with van der Waals surface area (Å²) in [7, 11) is -3.50. The fraction of sp³-hybridized carbons (Fsp3) is 0.852. The first kappa shape index (κ1) is 36.6. The Hall–Kier alpha value is -2.45. The van der Waals surface area contributed by atoms with Gasteiger partial charge >= 0.3 is 6.09 Å². The Bertz CT molecular complexity index is 989. The second kappa shape index (κ2) is 16.9. The fourth-order valence-electron chi connectivity index (χ4n) is 4.87. The summed E-state index contributed by atoms with van der Waals surface area (Å²) >= 11 is 0. The third-order valence-corrected chi connectivity index (χ3v) is 8.23. The second-order valence-electron chi connectivity index (χ2n) is 12.1. The number of hydrogen-bond acceptors (Lipinski definition) is 8. The van der Waals surface area contributed by atoms with Gasteiger partial charge in [-0.2, -0.15) is 0 Å². The lowest BCUT2D eigenvalue weighted by Gasteiger charge is -2.31. The molecule has 7 N–H and O–H groups in total. The van der Waals surface area contributed by atoms with Gasteiger partial charge < -0.3 is 36.6 Å². The first-order valence-electron chi connectivity index (χ1n) is 14.4. The number of carbonyl (C=O) groups excluding carboxylic acids is 3. The van der Waals surface area contributed by atoms with Crippen LogP contribution in [0, 0.1) is 17.8 Å². The van der Waals surface area contributed by atoms with Crippen LogP contribution in [0.5, 0.6) is 0 Å². The van der Waals surface area contributed by atoms with Crippen molar-refractivity contribution in [1.29, 1.82) is 0 Å². The molecule has 0 radical (unpaired) electrons. The molecule has 1 saturated carbocycles. The number of nitrogens with one attached hydrogen (secondary N) is 4. The zero-order chi connectivity index (χ0) is 31.5. The van der Waals surface area contributed by atoms with Crippen LogP contribution in [0.25, 0.3) is 0 Å². The Kier molecular flexibility index (Phi) is 15.0. The average Bonchev–Trinajstić information content (AvgIpc) is 2.84. The van der Waals surface area contributed by atoms with Crippen LogP contribution < -0.4 is 21.3 Å². The van der Waals surface area contributed by atoms with Crippen molar-refractivity contribution in [3.05, 3.63) is 0 Å². The molecule has 7 atom stereocenters. The van der Waals surface area contributed by atoms with E-state index in [4.69, 9.17) is 5.11 Å². The van der Waals surface area contributed by atoms with E-state index < -0.39 is 75.7 Å². The fourth-order valence-corrected chi connectivity index (χ4v) is 5.54. The van der Waals surface area contributed by atoms with E-state index in [0.29, 0.717) is 19.3 Å². The molecule has 0 heterocycles. The number of aliphatic hydroxyl groups is 2. The van der Waals surface area contributed by atoms with E-state index in [-0.39, 0.29) is 30.7 Å². The van der Waals surface area contributed by atoms with Crippen molar-refractivity contribution in [3.63, 3.8) is 0 Å². The molecule has 41 heavy (non-hydrogen) atoms. The summed E-state index contributed by atoms with van der Waals surface area (Å²) in [6.45, 7) is 8.67. The highest BCUT2D eigenvalue weighted by atomic mass is 32.2. The van der Waals surface area contributed by atoms with Crippen LogP contribution in [-0.4, -0.2) is 95.9 Å². The normalized spacial score (nSPS) is 21.3. The smallest absolute Gasteiger partial charge is 0.405 e. The molecule has 0 saturated heterocycles. The summed E-state index contributed by atoms with van der Waals surface area (Å²) in [6, 6.07) is -3.65. The summed E-state index contributed by atoms with van der Waals surface area (Å²) in [6.07, 6.45) is 1.01. The molecule has 1 aliphatic carbocycles. The Morgan fingerprint density at radius 2 is 1.49 bits per heavy atom. The number of aliphatic hydroxyl groups excluding tert-OH is 2. The molecule has 0 aromatic rings. The number of amides is 4. The van der Waals surface area contributed by atoms with Crippen LogP contribution in [0.4, 0.5) is 4.79 Å². The molecule has 13 nitrogen and oxygen atoms in total.